The predicted molar refractivity (Wildman–Crippen MR) is 84.9 cm³/mol. The molecule has 0 aromatic heterocycles. The molecule has 21 heavy (non-hydrogen) atoms. The van der Waals surface area contributed by atoms with E-state index in [1.165, 1.54) is 0 Å². The fourth-order valence-electron chi connectivity index (χ4n) is 2.03. The summed E-state index contributed by atoms with van der Waals surface area (Å²) in [5.74, 6) is 0.790. The van der Waals surface area contributed by atoms with Gasteiger partial charge < -0.3 is 20.1 Å². The first-order valence-corrected chi connectivity index (χ1v) is 7.34. The topological polar surface area (TPSA) is 61.8 Å². The zero-order chi connectivity index (χ0) is 16.0. The Hall–Kier alpha value is -1.75. The Balaban J connectivity index is 2.81. The van der Waals surface area contributed by atoms with Crippen molar-refractivity contribution in [2.75, 3.05) is 18.5 Å². The summed E-state index contributed by atoms with van der Waals surface area (Å²) in [5, 5.41) is 12.4. The number of aliphatic hydroxyl groups excluding tert-OH is 1. The van der Waals surface area contributed by atoms with Crippen LogP contribution in [-0.4, -0.2) is 41.3 Å². The van der Waals surface area contributed by atoms with Crippen molar-refractivity contribution in [1.82, 2.24) is 4.90 Å². The van der Waals surface area contributed by atoms with Gasteiger partial charge in [0.05, 0.1) is 12.7 Å². The molecule has 0 saturated carbocycles. The number of hydrogen-bond acceptors (Lipinski definition) is 3. The van der Waals surface area contributed by atoms with Gasteiger partial charge in [0.15, 0.2) is 0 Å². The van der Waals surface area contributed by atoms with Crippen molar-refractivity contribution in [2.45, 2.75) is 46.8 Å². The number of amides is 2. The van der Waals surface area contributed by atoms with Gasteiger partial charge in [-0.2, -0.15) is 0 Å². The lowest BCUT2D eigenvalue weighted by Crippen LogP contribution is -2.43. The van der Waals surface area contributed by atoms with E-state index in [0.29, 0.717) is 13.2 Å². The van der Waals surface area contributed by atoms with E-state index in [1.54, 1.807) is 11.8 Å². The van der Waals surface area contributed by atoms with Crippen LogP contribution in [0.25, 0.3) is 0 Å². The van der Waals surface area contributed by atoms with Gasteiger partial charge in [0.2, 0.25) is 0 Å². The second-order valence-corrected chi connectivity index (χ2v) is 5.44. The molecule has 0 heterocycles. The maximum atomic E-state index is 12.3. The minimum atomic E-state index is -0.556. The van der Waals surface area contributed by atoms with Crippen molar-refractivity contribution in [1.29, 1.82) is 0 Å². The van der Waals surface area contributed by atoms with E-state index in [1.807, 2.05) is 45.9 Å². The van der Waals surface area contributed by atoms with E-state index in [9.17, 15) is 9.90 Å². The van der Waals surface area contributed by atoms with Crippen molar-refractivity contribution in [3.05, 3.63) is 23.8 Å². The summed E-state index contributed by atoms with van der Waals surface area (Å²) in [7, 11) is 0. The Labute approximate surface area is 126 Å². The van der Waals surface area contributed by atoms with Gasteiger partial charge in [-0.15, -0.1) is 0 Å². The zero-order valence-electron chi connectivity index (χ0n) is 13.5. The second kappa shape index (κ2) is 7.88. The Morgan fingerprint density at radius 1 is 1.38 bits per heavy atom. The average molecular weight is 294 g/mol. The lowest BCUT2D eigenvalue weighted by atomic mass is 10.2. The Morgan fingerprint density at radius 2 is 2.05 bits per heavy atom. The average Bonchev–Trinajstić information content (AvgIpc) is 2.39. The molecule has 118 valence electrons. The number of hydrogen-bond donors (Lipinski definition) is 2. The van der Waals surface area contributed by atoms with Gasteiger partial charge >= 0.3 is 6.03 Å². The Morgan fingerprint density at radius 3 is 2.52 bits per heavy atom. The van der Waals surface area contributed by atoms with Crippen LogP contribution >= 0.6 is 0 Å². The monoisotopic (exact) mass is 294 g/mol. The summed E-state index contributed by atoms with van der Waals surface area (Å²) < 4.78 is 5.43. The first kappa shape index (κ1) is 17.3. The van der Waals surface area contributed by atoms with Crippen LogP contribution < -0.4 is 10.1 Å². The summed E-state index contributed by atoms with van der Waals surface area (Å²) >= 11 is 0. The molecular weight excluding hydrogens is 268 g/mol. The molecule has 5 heteroatoms. The molecule has 1 rings (SSSR count). The number of benzene rings is 1. The number of aliphatic hydroxyl groups is 1. The highest BCUT2D eigenvalue weighted by molar-refractivity contribution is 5.90. The molecule has 0 fully saturated rings. The first-order valence-electron chi connectivity index (χ1n) is 7.34. The summed E-state index contributed by atoms with van der Waals surface area (Å²) in [5.41, 5.74) is 1.69. The van der Waals surface area contributed by atoms with Gasteiger partial charge in [-0.25, -0.2) is 4.79 Å². The molecule has 0 aliphatic heterocycles. The molecule has 5 nitrogen and oxygen atoms in total. The number of carbonyl (C=O) groups excluding carboxylic acids is 1. The quantitative estimate of drug-likeness (QED) is 0.847. The van der Waals surface area contributed by atoms with Gasteiger partial charge in [0.1, 0.15) is 5.75 Å². The molecule has 0 bridgehead atoms. The van der Waals surface area contributed by atoms with Crippen molar-refractivity contribution in [3.8, 4) is 5.75 Å². The van der Waals surface area contributed by atoms with Crippen LogP contribution in [0.2, 0.25) is 0 Å². The lowest BCUT2D eigenvalue weighted by Gasteiger charge is -2.28. The summed E-state index contributed by atoms with van der Waals surface area (Å²) in [4.78, 5) is 13.9. The highest BCUT2D eigenvalue weighted by atomic mass is 16.5. The van der Waals surface area contributed by atoms with E-state index in [4.69, 9.17) is 4.74 Å². The number of carbonyl (C=O) groups is 1. The molecule has 0 radical (unpaired) electrons. The molecule has 1 unspecified atom stereocenters. The minimum absolute atomic E-state index is 0.0163. The number of nitrogens with one attached hydrogen (secondary N) is 1. The lowest BCUT2D eigenvalue weighted by molar-refractivity contribution is 0.125. The Bertz CT molecular complexity index is 473. The van der Waals surface area contributed by atoms with Crippen LogP contribution in [0, 0.1) is 6.92 Å². The highest BCUT2D eigenvalue weighted by Crippen LogP contribution is 2.22. The minimum Gasteiger partial charge on any atom is -0.494 e. The van der Waals surface area contributed by atoms with E-state index in [-0.39, 0.29) is 12.1 Å². The number of nitrogens with zero attached hydrogens (tertiary/aromatic N) is 1. The van der Waals surface area contributed by atoms with E-state index in [0.717, 1.165) is 17.0 Å². The summed E-state index contributed by atoms with van der Waals surface area (Å²) in [6, 6.07) is 5.37. The molecule has 0 aliphatic rings. The molecular formula is C16H26N2O3. The molecule has 1 aromatic carbocycles. The molecule has 0 aliphatic carbocycles. The predicted octanol–water partition coefficient (Wildman–Crippen LogP) is 3.02. The van der Waals surface area contributed by atoms with Crippen LogP contribution in [0.5, 0.6) is 5.75 Å². The molecule has 2 N–H and O–H groups in total. The van der Waals surface area contributed by atoms with Crippen LogP contribution in [0.3, 0.4) is 0 Å². The molecule has 1 aromatic rings. The number of urea groups is 1. The highest BCUT2D eigenvalue weighted by Gasteiger charge is 2.19. The van der Waals surface area contributed by atoms with Gasteiger partial charge in [-0.05, 0) is 58.4 Å². The van der Waals surface area contributed by atoms with Gasteiger partial charge in [-0.1, -0.05) is 0 Å². The SMILES string of the molecule is CCOc1ccc(NC(=O)N(CC(C)O)C(C)C)c(C)c1. The third-order valence-electron chi connectivity index (χ3n) is 3.10. The molecule has 1 atom stereocenters. The van der Waals surface area contributed by atoms with Crippen LogP contribution in [0.1, 0.15) is 33.3 Å². The van der Waals surface area contributed by atoms with Gasteiger partial charge in [-0.3, -0.25) is 0 Å². The summed E-state index contributed by atoms with van der Waals surface area (Å²) in [6.45, 7) is 10.3. The van der Waals surface area contributed by atoms with E-state index < -0.39 is 6.10 Å². The largest absolute Gasteiger partial charge is 0.494 e. The number of aryl methyl sites for hydroxylation is 1. The molecule has 0 saturated heterocycles. The third-order valence-corrected chi connectivity index (χ3v) is 3.10. The first-order chi connectivity index (χ1) is 9.85. The maximum Gasteiger partial charge on any atom is 0.322 e. The normalized spacial score (nSPS) is 12.1. The van der Waals surface area contributed by atoms with E-state index in [2.05, 4.69) is 5.32 Å². The second-order valence-electron chi connectivity index (χ2n) is 5.44. The number of ether oxygens (including phenoxy) is 1. The van der Waals surface area contributed by atoms with Crippen molar-refractivity contribution >= 4 is 11.7 Å². The smallest absolute Gasteiger partial charge is 0.322 e. The third kappa shape index (κ3) is 5.27. The summed E-state index contributed by atoms with van der Waals surface area (Å²) in [6.07, 6.45) is -0.556. The molecule has 2 amide bonds. The van der Waals surface area contributed by atoms with Gasteiger partial charge in [0.25, 0.3) is 0 Å². The zero-order valence-corrected chi connectivity index (χ0v) is 13.5. The maximum absolute atomic E-state index is 12.3. The van der Waals surface area contributed by atoms with Gasteiger partial charge in [0, 0.05) is 18.3 Å². The fourth-order valence-corrected chi connectivity index (χ4v) is 2.03. The number of anilines is 1. The van der Waals surface area contributed by atoms with Crippen molar-refractivity contribution < 1.29 is 14.6 Å². The number of rotatable bonds is 6. The van der Waals surface area contributed by atoms with E-state index >= 15 is 0 Å². The van der Waals surface area contributed by atoms with Crippen LogP contribution in [0.4, 0.5) is 10.5 Å². The molecule has 0 spiro atoms. The Kier molecular flexibility index (Phi) is 6.49. The standard InChI is InChI=1S/C16H26N2O3/c1-6-21-14-7-8-15(12(4)9-14)17-16(20)18(11(2)3)10-13(5)19/h7-9,11,13,19H,6,10H2,1-5H3,(H,17,20). The van der Waals surface area contributed by atoms with Crippen molar-refractivity contribution in [2.24, 2.45) is 0 Å². The fraction of sp³-hybridized carbons (Fsp3) is 0.562. The van der Waals surface area contributed by atoms with Crippen LogP contribution in [0.15, 0.2) is 18.2 Å². The van der Waals surface area contributed by atoms with Crippen LogP contribution in [-0.2, 0) is 0 Å². The van der Waals surface area contributed by atoms with Crippen molar-refractivity contribution in [3.63, 3.8) is 0 Å².